The number of anilines is 1. The SMILES string of the molecule is COc1ccc2nccc([C@@H](O)CN3CC[C@@H](NCc4nc5c(cc4F)SCC(=O)N5)[C@H](F)C3)c2c1. The van der Waals surface area contributed by atoms with Crippen molar-refractivity contribution in [2.24, 2.45) is 0 Å². The van der Waals surface area contributed by atoms with Gasteiger partial charge in [-0.1, -0.05) is 0 Å². The average molecular weight is 516 g/mol. The first kappa shape index (κ1) is 24.8. The number of hydrogen-bond donors (Lipinski definition) is 3. The zero-order chi connectivity index (χ0) is 25.2. The lowest BCUT2D eigenvalue weighted by atomic mass is 10.00. The number of halogens is 2. The van der Waals surface area contributed by atoms with E-state index in [-0.39, 0.29) is 37.0 Å². The zero-order valence-corrected chi connectivity index (χ0v) is 20.5. The molecule has 36 heavy (non-hydrogen) atoms. The Bertz CT molecular complexity index is 1280. The monoisotopic (exact) mass is 515 g/mol. The molecule has 0 spiro atoms. The van der Waals surface area contributed by atoms with Crippen LogP contribution in [-0.4, -0.2) is 70.6 Å². The van der Waals surface area contributed by atoms with Crippen LogP contribution < -0.4 is 15.4 Å². The second kappa shape index (κ2) is 10.6. The van der Waals surface area contributed by atoms with E-state index >= 15 is 4.39 Å². The van der Waals surface area contributed by atoms with Gasteiger partial charge in [0.25, 0.3) is 0 Å². The first-order valence-corrected chi connectivity index (χ1v) is 12.7. The summed E-state index contributed by atoms with van der Waals surface area (Å²) in [7, 11) is 1.58. The van der Waals surface area contributed by atoms with E-state index in [0.717, 1.165) is 10.9 Å². The lowest BCUT2D eigenvalue weighted by Crippen LogP contribution is -2.51. The van der Waals surface area contributed by atoms with Crippen molar-refractivity contribution in [3.05, 3.63) is 53.6 Å². The van der Waals surface area contributed by atoms with Crippen LogP contribution in [0.3, 0.4) is 0 Å². The summed E-state index contributed by atoms with van der Waals surface area (Å²) in [5.74, 6) is 0.584. The van der Waals surface area contributed by atoms with Crippen LogP contribution in [0.5, 0.6) is 5.75 Å². The number of piperidine rings is 1. The van der Waals surface area contributed by atoms with Crippen molar-refractivity contribution in [3.63, 3.8) is 0 Å². The van der Waals surface area contributed by atoms with Crippen LogP contribution in [-0.2, 0) is 11.3 Å². The molecule has 0 radical (unpaired) electrons. The fourth-order valence-corrected chi connectivity index (χ4v) is 5.42. The van der Waals surface area contributed by atoms with Crippen molar-refractivity contribution < 1.29 is 23.4 Å². The van der Waals surface area contributed by atoms with E-state index in [1.807, 2.05) is 23.1 Å². The molecular formula is C25H27F2N5O3S. The minimum atomic E-state index is -1.20. The Hall–Kier alpha value is -2.86. The maximum atomic E-state index is 15.0. The van der Waals surface area contributed by atoms with Crippen LogP contribution in [0.4, 0.5) is 14.6 Å². The largest absolute Gasteiger partial charge is 0.497 e. The molecule has 0 aliphatic carbocycles. The van der Waals surface area contributed by atoms with Gasteiger partial charge in [0.15, 0.2) is 0 Å². The maximum Gasteiger partial charge on any atom is 0.235 e. The minimum absolute atomic E-state index is 0.0538. The van der Waals surface area contributed by atoms with E-state index in [2.05, 4.69) is 20.6 Å². The van der Waals surface area contributed by atoms with Crippen LogP contribution in [0.25, 0.3) is 10.9 Å². The predicted molar refractivity (Wildman–Crippen MR) is 133 cm³/mol. The number of methoxy groups -OCH3 is 1. The molecule has 1 saturated heterocycles. The molecule has 0 saturated carbocycles. The summed E-state index contributed by atoms with van der Waals surface area (Å²) < 4.78 is 34.8. The Morgan fingerprint density at radius 3 is 3.03 bits per heavy atom. The second-order valence-corrected chi connectivity index (χ2v) is 9.97. The standard InChI is InChI=1S/C25H27F2N5O3S/c1-35-14-2-3-19-16(8-14)15(4-6-28-19)22(33)12-32-7-5-20(18(27)11-32)29-10-21-17(26)9-23-25(30-21)31-24(34)13-36-23/h2-4,6,8-9,18,20,22,29,33H,5,7,10-13H2,1H3,(H,30,31,34)/t18-,20-,22+/m1/s1. The van der Waals surface area contributed by atoms with E-state index in [4.69, 9.17) is 4.74 Å². The smallest absolute Gasteiger partial charge is 0.235 e. The van der Waals surface area contributed by atoms with Crippen molar-refractivity contribution in [2.45, 2.75) is 36.2 Å². The highest BCUT2D eigenvalue weighted by Gasteiger charge is 2.31. The highest BCUT2D eigenvalue weighted by Crippen LogP contribution is 2.31. The van der Waals surface area contributed by atoms with Gasteiger partial charge in [0.05, 0.1) is 35.1 Å². The number of aliphatic hydroxyl groups excluding tert-OH is 1. The summed E-state index contributed by atoms with van der Waals surface area (Å²) in [5, 5.41) is 17.5. The zero-order valence-electron chi connectivity index (χ0n) is 19.7. The number of thioether (sulfide) groups is 1. The van der Waals surface area contributed by atoms with Crippen molar-refractivity contribution in [3.8, 4) is 5.75 Å². The van der Waals surface area contributed by atoms with Crippen LogP contribution in [0.1, 0.15) is 23.8 Å². The number of β-amino-alcohol motifs (C(OH)–C–C–N with tert-alkyl or cyclic N) is 1. The predicted octanol–water partition coefficient (Wildman–Crippen LogP) is 3.06. The lowest BCUT2D eigenvalue weighted by Gasteiger charge is -2.36. The van der Waals surface area contributed by atoms with E-state index in [1.54, 1.807) is 19.4 Å². The number of benzene rings is 1. The number of alkyl halides is 1. The van der Waals surface area contributed by atoms with Crippen LogP contribution >= 0.6 is 11.8 Å². The van der Waals surface area contributed by atoms with Gasteiger partial charge in [-0.05, 0) is 48.9 Å². The molecule has 1 amide bonds. The molecule has 4 heterocycles. The molecule has 0 unspecified atom stereocenters. The molecular weight excluding hydrogens is 488 g/mol. The van der Waals surface area contributed by atoms with Crippen LogP contribution in [0.2, 0.25) is 0 Å². The Labute approximate surface area is 211 Å². The molecule has 8 nitrogen and oxygen atoms in total. The molecule has 11 heteroatoms. The molecule has 3 N–H and O–H groups in total. The number of hydrogen-bond acceptors (Lipinski definition) is 8. The summed E-state index contributed by atoms with van der Waals surface area (Å²) in [4.78, 5) is 22.7. The molecule has 0 bridgehead atoms. The third-order valence-corrected chi connectivity index (χ3v) is 7.59. The highest BCUT2D eigenvalue weighted by atomic mass is 32.2. The van der Waals surface area contributed by atoms with E-state index in [9.17, 15) is 14.3 Å². The number of carbonyl (C=O) groups excluding carboxylic acids is 1. The molecule has 1 aromatic carbocycles. The molecule has 3 aromatic rings. The molecule has 190 valence electrons. The van der Waals surface area contributed by atoms with Gasteiger partial charge in [-0.3, -0.25) is 14.7 Å². The van der Waals surface area contributed by atoms with Crippen LogP contribution in [0.15, 0.2) is 41.4 Å². The molecule has 3 atom stereocenters. The normalized spacial score (nSPS) is 21.2. The third-order valence-electron chi connectivity index (χ3n) is 6.56. The Balaban J connectivity index is 1.19. The van der Waals surface area contributed by atoms with Gasteiger partial charge >= 0.3 is 0 Å². The number of rotatable bonds is 7. The number of ether oxygens (including phenoxy) is 1. The number of pyridine rings is 2. The number of nitrogens with zero attached hydrogens (tertiary/aromatic N) is 3. The van der Waals surface area contributed by atoms with E-state index in [1.165, 1.54) is 17.8 Å². The van der Waals surface area contributed by atoms with Gasteiger partial charge in [-0.25, -0.2) is 13.8 Å². The second-order valence-electron chi connectivity index (χ2n) is 8.95. The maximum absolute atomic E-state index is 15.0. The van der Waals surface area contributed by atoms with E-state index in [0.29, 0.717) is 35.0 Å². The van der Waals surface area contributed by atoms with Crippen molar-refractivity contribution in [1.82, 2.24) is 20.2 Å². The molecule has 2 aromatic heterocycles. The van der Waals surface area contributed by atoms with Gasteiger partial charge < -0.3 is 20.5 Å². The lowest BCUT2D eigenvalue weighted by molar-refractivity contribution is -0.113. The molecule has 2 aliphatic rings. The van der Waals surface area contributed by atoms with E-state index < -0.39 is 24.1 Å². The molecule has 1 fully saturated rings. The van der Waals surface area contributed by atoms with Crippen molar-refractivity contribution >= 4 is 34.4 Å². The average Bonchev–Trinajstić information content (AvgIpc) is 2.87. The fraction of sp³-hybridized carbons (Fsp3) is 0.400. The quantitative estimate of drug-likeness (QED) is 0.442. The Kier molecular flexibility index (Phi) is 7.33. The number of amides is 1. The van der Waals surface area contributed by atoms with Crippen molar-refractivity contribution in [1.29, 1.82) is 0 Å². The minimum Gasteiger partial charge on any atom is -0.497 e. The number of aliphatic hydroxyl groups is 1. The van der Waals surface area contributed by atoms with Gasteiger partial charge in [0.1, 0.15) is 23.6 Å². The highest BCUT2D eigenvalue weighted by molar-refractivity contribution is 8.00. The number of carbonyl (C=O) groups is 1. The first-order chi connectivity index (χ1) is 17.4. The Morgan fingerprint density at radius 2 is 2.22 bits per heavy atom. The first-order valence-electron chi connectivity index (χ1n) is 11.7. The summed E-state index contributed by atoms with van der Waals surface area (Å²) in [6, 6.07) is 8.16. The summed E-state index contributed by atoms with van der Waals surface area (Å²) in [6.45, 7) is 1.06. The van der Waals surface area contributed by atoms with Gasteiger partial charge in [0, 0.05) is 37.3 Å². The summed E-state index contributed by atoms with van der Waals surface area (Å²) in [6.07, 6.45) is 0.134. The molecule has 2 aliphatic heterocycles. The Morgan fingerprint density at radius 1 is 1.36 bits per heavy atom. The van der Waals surface area contributed by atoms with Gasteiger partial charge in [0.2, 0.25) is 5.91 Å². The summed E-state index contributed by atoms with van der Waals surface area (Å²) in [5.41, 5.74) is 1.61. The topological polar surface area (TPSA) is 99.6 Å². The number of likely N-dealkylation sites (tertiary alicyclic amines) is 1. The third kappa shape index (κ3) is 5.29. The number of nitrogens with one attached hydrogen (secondary N) is 2. The molecule has 5 rings (SSSR count). The number of fused-ring (bicyclic) bond motifs is 2. The van der Waals surface area contributed by atoms with Crippen molar-refractivity contribution in [2.75, 3.05) is 37.8 Å². The number of aromatic nitrogens is 2. The van der Waals surface area contributed by atoms with Gasteiger partial charge in [-0.2, -0.15) is 0 Å². The van der Waals surface area contributed by atoms with Crippen LogP contribution in [0, 0.1) is 5.82 Å². The van der Waals surface area contributed by atoms with Gasteiger partial charge in [-0.15, -0.1) is 11.8 Å². The summed E-state index contributed by atoms with van der Waals surface area (Å²) >= 11 is 1.24. The fourth-order valence-electron chi connectivity index (χ4n) is 4.64.